The number of ether oxygens (including phenoxy) is 2. The Balaban J connectivity index is 3.65. The summed E-state index contributed by atoms with van der Waals surface area (Å²) in [7, 11) is 0. The third-order valence-corrected chi connectivity index (χ3v) is 1.59. The average Bonchev–Trinajstić information content (AvgIpc) is 2.14. The molecule has 16 heavy (non-hydrogen) atoms. The Morgan fingerprint density at radius 1 is 1.19 bits per heavy atom. The second kappa shape index (κ2) is 7.03. The van der Waals surface area contributed by atoms with Crippen molar-refractivity contribution in [2.24, 2.45) is 5.73 Å². The summed E-state index contributed by atoms with van der Waals surface area (Å²) >= 11 is 0. The van der Waals surface area contributed by atoms with Crippen LogP contribution < -0.4 is 5.73 Å². The number of alkyl halides is 4. The zero-order valence-electron chi connectivity index (χ0n) is 9.26. The quantitative estimate of drug-likeness (QED) is 0.663. The lowest BCUT2D eigenvalue weighted by Gasteiger charge is -2.18. The topological polar surface area (TPSA) is 44.5 Å². The van der Waals surface area contributed by atoms with Gasteiger partial charge in [0.15, 0.2) is 0 Å². The third kappa shape index (κ3) is 6.97. The van der Waals surface area contributed by atoms with Crippen LogP contribution in [0.25, 0.3) is 0 Å². The van der Waals surface area contributed by atoms with Crippen LogP contribution in [-0.2, 0) is 9.47 Å². The normalized spacial score (nSPS) is 14.8. The molecule has 1 atom stereocenters. The Hall–Kier alpha value is -0.400. The molecule has 0 bridgehead atoms. The molecule has 0 saturated heterocycles. The van der Waals surface area contributed by atoms with Gasteiger partial charge in [-0.15, -0.1) is 0 Å². The minimum absolute atomic E-state index is 0.0337. The molecule has 0 aromatic rings. The van der Waals surface area contributed by atoms with Gasteiger partial charge in [0.2, 0.25) is 0 Å². The van der Waals surface area contributed by atoms with E-state index in [0.717, 1.165) is 0 Å². The molecule has 0 aliphatic heterocycles. The van der Waals surface area contributed by atoms with Gasteiger partial charge in [-0.3, -0.25) is 0 Å². The van der Waals surface area contributed by atoms with Crippen LogP contribution in [0.2, 0.25) is 0 Å². The minimum Gasteiger partial charge on any atom is -0.377 e. The number of hydrogen-bond acceptors (Lipinski definition) is 3. The van der Waals surface area contributed by atoms with Crippen LogP contribution in [0.5, 0.6) is 0 Å². The number of halogens is 4. The van der Waals surface area contributed by atoms with Crippen LogP contribution in [0.4, 0.5) is 17.6 Å². The van der Waals surface area contributed by atoms with Crippen molar-refractivity contribution >= 4 is 0 Å². The summed E-state index contributed by atoms with van der Waals surface area (Å²) in [5.74, 6) is -4.13. The fraction of sp³-hybridized carbons (Fsp3) is 1.00. The molecule has 0 amide bonds. The summed E-state index contributed by atoms with van der Waals surface area (Å²) in [6, 6.07) is -0.601. The van der Waals surface area contributed by atoms with Crippen LogP contribution in [0, 0.1) is 0 Å². The second-order valence-electron chi connectivity index (χ2n) is 3.72. The fourth-order valence-electron chi connectivity index (χ4n) is 0.774. The highest BCUT2D eigenvalue weighted by Crippen LogP contribution is 2.22. The van der Waals surface area contributed by atoms with Gasteiger partial charge in [-0.1, -0.05) is 0 Å². The first-order chi connectivity index (χ1) is 7.25. The van der Waals surface area contributed by atoms with Gasteiger partial charge in [0.1, 0.15) is 6.61 Å². The fourth-order valence-corrected chi connectivity index (χ4v) is 0.774. The minimum atomic E-state index is -4.13. The lowest BCUT2D eigenvalue weighted by atomic mass is 10.3. The van der Waals surface area contributed by atoms with Crippen molar-refractivity contribution in [3.05, 3.63) is 0 Å². The molecule has 7 heteroatoms. The average molecular weight is 247 g/mol. The van der Waals surface area contributed by atoms with E-state index in [-0.39, 0.29) is 19.3 Å². The first kappa shape index (κ1) is 15.6. The summed E-state index contributed by atoms with van der Waals surface area (Å²) in [5.41, 5.74) is 5.45. The highest BCUT2D eigenvalue weighted by molar-refractivity contribution is 4.69. The van der Waals surface area contributed by atoms with Crippen molar-refractivity contribution in [1.29, 1.82) is 0 Å². The van der Waals surface area contributed by atoms with Crippen LogP contribution in [0.1, 0.15) is 13.8 Å². The van der Waals surface area contributed by atoms with Gasteiger partial charge in [-0.05, 0) is 13.8 Å². The summed E-state index contributed by atoms with van der Waals surface area (Å²) in [5, 5.41) is 0. The SMILES string of the molecule is CC(C)OCC(N)COCC(F)(F)C(F)F. The van der Waals surface area contributed by atoms with Gasteiger partial charge >= 0.3 is 12.3 Å². The van der Waals surface area contributed by atoms with E-state index in [1.54, 1.807) is 13.8 Å². The number of rotatable bonds is 8. The standard InChI is InChI=1S/C9H17F4NO2/c1-6(2)16-4-7(14)3-15-5-9(12,13)8(10)11/h6-8H,3-5,14H2,1-2H3. The van der Waals surface area contributed by atoms with E-state index in [1.807, 2.05) is 0 Å². The van der Waals surface area contributed by atoms with Gasteiger partial charge in [0.25, 0.3) is 0 Å². The second-order valence-corrected chi connectivity index (χ2v) is 3.72. The first-order valence-corrected chi connectivity index (χ1v) is 4.86. The van der Waals surface area contributed by atoms with Crippen LogP contribution >= 0.6 is 0 Å². The first-order valence-electron chi connectivity index (χ1n) is 4.86. The van der Waals surface area contributed by atoms with E-state index < -0.39 is 25.0 Å². The van der Waals surface area contributed by atoms with Crippen LogP contribution in [0.15, 0.2) is 0 Å². The molecule has 0 radical (unpaired) electrons. The van der Waals surface area contributed by atoms with Crippen molar-refractivity contribution in [3.63, 3.8) is 0 Å². The molecule has 0 spiro atoms. The molecular formula is C9H17F4NO2. The Kier molecular flexibility index (Phi) is 6.85. The lowest BCUT2D eigenvalue weighted by Crippen LogP contribution is -2.37. The molecule has 0 aliphatic rings. The van der Waals surface area contributed by atoms with Crippen LogP contribution in [-0.4, -0.2) is 44.3 Å². The van der Waals surface area contributed by atoms with Crippen molar-refractivity contribution in [1.82, 2.24) is 0 Å². The van der Waals surface area contributed by atoms with E-state index in [2.05, 4.69) is 4.74 Å². The van der Waals surface area contributed by atoms with Crippen molar-refractivity contribution in [2.75, 3.05) is 19.8 Å². The van der Waals surface area contributed by atoms with E-state index in [0.29, 0.717) is 0 Å². The predicted molar refractivity (Wildman–Crippen MR) is 50.8 cm³/mol. The maximum absolute atomic E-state index is 12.4. The van der Waals surface area contributed by atoms with Crippen molar-refractivity contribution in [3.8, 4) is 0 Å². The molecule has 0 rings (SSSR count). The zero-order chi connectivity index (χ0) is 12.8. The molecule has 0 saturated carbocycles. The monoisotopic (exact) mass is 247 g/mol. The summed E-state index contributed by atoms with van der Waals surface area (Å²) in [6.45, 7) is 2.14. The molecule has 0 aromatic carbocycles. The van der Waals surface area contributed by atoms with Crippen molar-refractivity contribution < 1.29 is 27.0 Å². The Labute approximate surface area is 91.9 Å². The molecule has 1 unspecified atom stereocenters. The largest absolute Gasteiger partial charge is 0.377 e. The summed E-state index contributed by atoms with van der Waals surface area (Å²) < 4.78 is 57.6. The maximum atomic E-state index is 12.4. The molecule has 0 aliphatic carbocycles. The molecule has 0 aromatic heterocycles. The number of hydrogen-bond donors (Lipinski definition) is 1. The summed E-state index contributed by atoms with van der Waals surface area (Å²) in [4.78, 5) is 0. The highest BCUT2D eigenvalue weighted by atomic mass is 19.3. The van der Waals surface area contributed by atoms with Gasteiger partial charge in [-0.2, -0.15) is 8.78 Å². The predicted octanol–water partition coefficient (Wildman–Crippen LogP) is 1.66. The van der Waals surface area contributed by atoms with Crippen molar-refractivity contribution in [2.45, 2.75) is 38.3 Å². The van der Waals surface area contributed by atoms with Gasteiger partial charge < -0.3 is 15.2 Å². The van der Waals surface area contributed by atoms with E-state index in [9.17, 15) is 17.6 Å². The van der Waals surface area contributed by atoms with Gasteiger partial charge in [0, 0.05) is 0 Å². The molecule has 98 valence electrons. The molecule has 0 heterocycles. The maximum Gasteiger partial charge on any atom is 0.330 e. The van der Waals surface area contributed by atoms with Gasteiger partial charge in [0.05, 0.1) is 25.4 Å². The third-order valence-electron chi connectivity index (χ3n) is 1.59. The van der Waals surface area contributed by atoms with Gasteiger partial charge in [-0.25, -0.2) is 8.78 Å². The number of nitrogens with two attached hydrogens (primary N) is 1. The summed E-state index contributed by atoms with van der Waals surface area (Å²) in [6.07, 6.45) is -3.76. The van der Waals surface area contributed by atoms with E-state index in [4.69, 9.17) is 10.5 Å². The molecule has 2 N–H and O–H groups in total. The zero-order valence-corrected chi connectivity index (χ0v) is 9.26. The van der Waals surface area contributed by atoms with E-state index >= 15 is 0 Å². The lowest BCUT2D eigenvalue weighted by molar-refractivity contribution is -0.167. The van der Waals surface area contributed by atoms with E-state index in [1.165, 1.54) is 0 Å². The van der Waals surface area contributed by atoms with Crippen LogP contribution in [0.3, 0.4) is 0 Å². The Bertz CT molecular complexity index is 190. The molecular weight excluding hydrogens is 230 g/mol. The molecule has 0 fully saturated rings. The Morgan fingerprint density at radius 2 is 1.75 bits per heavy atom. The smallest absolute Gasteiger partial charge is 0.330 e. The molecule has 3 nitrogen and oxygen atoms in total. The highest BCUT2D eigenvalue weighted by Gasteiger charge is 2.40. The Morgan fingerprint density at radius 3 is 2.19 bits per heavy atom.